The van der Waals surface area contributed by atoms with E-state index >= 15 is 0 Å². The molecule has 0 aromatic carbocycles. The Labute approximate surface area is 105 Å². The van der Waals surface area contributed by atoms with Crippen molar-refractivity contribution in [3.8, 4) is 0 Å². The fourth-order valence-corrected chi connectivity index (χ4v) is 3.04. The maximum absolute atomic E-state index is 12.1. The van der Waals surface area contributed by atoms with E-state index in [0.29, 0.717) is 17.9 Å². The normalized spacial score (nSPS) is 30.3. The first kappa shape index (κ1) is 12.9. The first-order chi connectivity index (χ1) is 8.25. The Kier molecular flexibility index (Phi) is 4.84. The molecule has 2 fully saturated rings. The molecule has 2 aliphatic heterocycles. The molecule has 17 heavy (non-hydrogen) atoms. The number of rotatable bonds is 3. The molecule has 2 aliphatic rings. The number of likely N-dealkylation sites (tertiary alicyclic amines) is 1. The van der Waals surface area contributed by atoms with Gasteiger partial charge in [-0.05, 0) is 44.6 Å². The van der Waals surface area contributed by atoms with Gasteiger partial charge in [0.05, 0.1) is 0 Å². The van der Waals surface area contributed by atoms with Gasteiger partial charge in [0.15, 0.2) is 0 Å². The first-order valence-electron chi connectivity index (χ1n) is 7.27. The largest absolute Gasteiger partial charge is 0.342 e. The highest BCUT2D eigenvalue weighted by Gasteiger charge is 2.22. The summed E-state index contributed by atoms with van der Waals surface area (Å²) in [5, 5.41) is 3.52. The molecule has 0 bridgehead atoms. The van der Waals surface area contributed by atoms with E-state index in [-0.39, 0.29) is 0 Å². The zero-order chi connectivity index (χ0) is 12.1. The molecule has 2 unspecified atom stereocenters. The van der Waals surface area contributed by atoms with Gasteiger partial charge in [0.1, 0.15) is 0 Å². The highest BCUT2D eigenvalue weighted by molar-refractivity contribution is 5.76. The van der Waals surface area contributed by atoms with Gasteiger partial charge in [0.25, 0.3) is 0 Å². The summed E-state index contributed by atoms with van der Waals surface area (Å²) in [6.45, 7) is 5.36. The Bertz CT molecular complexity index is 249. The van der Waals surface area contributed by atoms with Crippen molar-refractivity contribution in [2.24, 2.45) is 5.92 Å². The summed E-state index contributed by atoms with van der Waals surface area (Å²) >= 11 is 0. The molecule has 0 aliphatic carbocycles. The lowest BCUT2D eigenvalue weighted by Gasteiger charge is -2.31. The third-order valence-electron chi connectivity index (χ3n) is 4.13. The zero-order valence-electron chi connectivity index (χ0n) is 11.1. The predicted octanol–water partition coefficient (Wildman–Crippen LogP) is 2.17. The number of hydrogen-bond acceptors (Lipinski definition) is 2. The van der Waals surface area contributed by atoms with Gasteiger partial charge in [-0.25, -0.2) is 0 Å². The van der Waals surface area contributed by atoms with E-state index in [4.69, 9.17) is 0 Å². The monoisotopic (exact) mass is 238 g/mol. The third kappa shape index (κ3) is 3.98. The molecule has 0 radical (unpaired) electrons. The molecular weight excluding hydrogens is 212 g/mol. The van der Waals surface area contributed by atoms with Crippen LogP contribution in [-0.4, -0.2) is 36.5 Å². The molecule has 3 nitrogen and oxygen atoms in total. The highest BCUT2D eigenvalue weighted by Crippen LogP contribution is 2.18. The lowest BCUT2D eigenvalue weighted by molar-refractivity contribution is -0.133. The van der Waals surface area contributed by atoms with Crippen LogP contribution in [0.3, 0.4) is 0 Å². The van der Waals surface area contributed by atoms with Crippen molar-refractivity contribution in [1.29, 1.82) is 0 Å². The van der Waals surface area contributed by atoms with E-state index in [2.05, 4.69) is 17.1 Å². The fraction of sp³-hybridized carbons (Fsp3) is 0.929. The van der Waals surface area contributed by atoms with E-state index in [1.165, 1.54) is 32.1 Å². The number of nitrogens with zero attached hydrogens (tertiary/aromatic N) is 1. The number of carbonyl (C=O) groups is 1. The van der Waals surface area contributed by atoms with E-state index in [9.17, 15) is 4.79 Å². The van der Waals surface area contributed by atoms with Crippen LogP contribution in [0.5, 0.6) is 0 Å². The molecule has 2 atom stereocenters. The number of carbonyl (C=O) groups excluding carboxylic acids is 1. The molecule has 2 saturated heterocycles. The Morgan fingerprint density at radius 3 is 2.88 bits per heavy atom. The second-order valence-corrected chi connectivity index (χ2v) is 5.77. The lowest BCUT2D eigenvalue weighted by Crippen LogP contribution is -2.40. The van der Waals surface area contributed by atoms with Gasteiger partial charge in [0.2, 0.25) is 5.91 Å². The minimum atomic E-state index is 0.379. The number of hydrogen-bond donors (Lipinski definition) is 1. The van der Waals surface area contributed by atoms with Crippen LogP contribution in [0, 0.1) is 5.92 Å². The van der Waals surface area contributed by atoms with Crippen LogP contribution in [-0.2, 0) is 4.79 Å². The summed E-state index contributed by atoms with van der Waals surface area (Å²) in [5.41, 5.74) is 0. The van der Waals surface area contributed by atoms with Crippen LogP contribution in [0.1, 0.15) is 51.9 Å². The summed E-state index contributed by atoms with van der Waals surface area (Å²) < 4.78 is 0. The minimum absolute atomic E-state index is 0.379. The van der Waals surface area contributed by atoms with Gasteiger partial charge in [-0.1, -0.05) is 13.3 Å². The molecule has 2 heterocycles. The van der Waals surface area contributed by atoms with Gasteiger partial charge < -0.3 is 10.2 Å². The zero-order valence-corrected chi connectivity index (χ0v) is 11.1. The van der Waals surface area contributed by atoms with E-state index in [1.807, 2.05) is 0 Å². The number of amides is 1. The Morgan fingerprint density at radius 2 is 2.18 bits per heavy atom. The van der Waals surface area contributed by atoms with E-state index in [0.717, 1.165) is 32.5 Å². The molecule has 0 aromatic heterocycles. The molecule has 3 heteroatoms. The molecule has 0 aromatic rings. The SMILES string of the molecule is CC1CCCN(C(=O)CCC2CCCCN2)C1. The smallest absolute Gasteiger partial charge is 0.222 e. The Hall–Kier alpha value is -0.570. The minimum Gasteiger partial charge on any atom is -0.342 e. The van der Waals surface area contributed by atoms with Crippen molar-refractivity contribution in [2.75, 3.05) is 19.6 Å². The van der Waals surface area contributed by atoms with Crippen molar-refractivity contribution in [1.82, 2.24) is 10.2 Å². The van der Waals surface area contributed by atoms with Crippen molar-refractivity contribution >= 4 is 5.91 Å². The maximum Gasteiger partial charge on any atom is 0.222 e. The van der Waals surface area contributed by atoms with Crippen molar-refractivity contribution < 1.29 is 4.79 Å². The van der Waals surface area contributed by atoms with Gasteiger partial charge in [0, 0.05) is 25.6 Å². The average molecular weight is 238 g/mol. The van der Waals surface area contributed by atoms with Crippen LogP contribution in [0.25, 0.3) is 0 Å². The summed E-state index contributed by atoms with van der Waals surface area (Å²) in [7, 11) is 0. The second kappa shape index (κ2) is 6.39. The van der Waals surface area contributed by atoms with Crippen molar-refractivity contribution in [3.05, 3.63) is 0 Å². The molecule has 0 spiro atoms. The van der Waals surface area contributed by atoms with Gasteiger partial charge >= 0.3 is 0 Å². The Morgan fingerprint density at radius 1 is 1.29 bits per heavy atom. The Balaban J connectivity index is 1.69. The highest BCUT2D eigenvalue weighted by atomic mass is 16.2. The van der Waals surface area contributed by atoms with Crippen LogP contribution in [0.15, 0.2) is 0 Å². The molecule has 1 N–H and O–H groups in total. The van der Waals surface area contributed by atoms with Gasteiger partial charge in [-0.2, -0.15) is 0 Å². The third-order valence-corrected chi connectivity index (χ3v) is 4.13. The molecule has 98 valence electrons. The molecule has 0 saturated carbocycles. The molecule has 1 amide bonds. The van der Waals surface area contributed by atoms with Gasteiger partial charge in [-0.3, -0.25) is 4.79 Å². The summed E-state index contributed by atoms with van der Waals surface area (Å²) in [4.78, 5) is 14.2. The van der Waals surface area contributed by atoms with Crippen molar-refractivity contribution in [2.45, 2.75) is 57.9 Å². The van der Waals surface area contributed by atoms with Crippen molar-refractivity contribution in [3.63, 3.8) is 0 Å². The van der Waals surface area contributed by atoms with Crippen LogP contribution < -0.4 is 5.32 Å². The quantitative estimate of drug-likeness (QED) is 0.817. The van der Waals surface area contributed by atoms with E-state index < -0.39 is 0 Å². The van der Waals surface area contributed by atoms with Crippen LogP contribution >= 0.6 is 0 Å². The topological polar surface area (TPSA) is 32.3 Å². The summed E-state index contributed by atoms with van der Waals surface area (Å²) in [6, 6.07) is 0.593. The summed E-state index contributed by atoms with van der Waals surface area (Å²) in [5.74, 6) is 1.07. The maximum atomic E-state index is 12.1. The predicted molar refractivity (Wildman–Crippen MR) is 69.9 cm³/mol. The second-order valence-electron chi connectivity index (χ2n) is 5.77. The summed E-state index contributed by atoms with van der Waals surface area (Å²) in [6.07, 6.45) is 8.13. The number of nitrogens with one attached hydrogen (secondary N) is 1. The standard InChI is InChI=1S/C14H26N2O/c1-12-5-4-10-16(11-12)14(17)8-7-13-6-2-3-9-15-13/h12-13,15H,2-11H2,1H3. The van der Waals surface area contributed by atoms with E-state index in [1.54, 1.807) is 0 Å². The molecule has 2 rings (SSSR count). The fourth-order valence-electron chi connectivity index (χ4n) is 3.04. The van der Waals surface area contributed by atoms with Gasteiger partial charge in [-0.15, -0.1) is 0 Å². The lowest BCUT2D eigenvalue weighted by atomic mass is 9.98. The molecular formula is C14H26N2O. The number of piperidine rings is 2. The van der Waals surface area contributed by atoms with Crippen LogP contribution in [0.2, 0.25) is 0 Å². The van der Waals surface area contributed by atoms with Crippen LogP contribution in [0.4, 0.5) is 0 Å². The average Bonchev–Trinajstić information content (AvgIpc) is 2.37. The first-order valence-corrected chi connectivity index (χ1v) is 7.27.